The van der Waals surface area contributed by atoms with Crippen molar-refractivity contribution >= 4 is 51.0 Å². The topological polar surface area (TPSA) is 126 Å². The van der Waals surface area contributed by atoms with Gasteiger partial charge in [-0.25, -0.2) is 26.3 Å². The molecule has 0 aromatic heterocycles. The number of carbonyl (C=O) groups excluding carboxylic acids is 2. The number of hydrogen-bond donors (Lipinski definition) is 2. The highest BCUT2D eigenvalue weighted by Gasteiger charge is 2.45. The molecule has 0 saturated heterocycles. The molecule has 2 heterocycles. The third-order valence-electron chi connectivity index (χ3n) is 4.80. The van der Waals surface area contributed by atoms with Crippen LogP contribution in [0.15, 0.2) is 46.2 Å². The molecule has 2 N–H and O–H groups in total. The molecule has 29 heavy (non-hydrogen) atoms. The van der Waals surface area contributed by atoms with E-state index in [9.17, 15) is 26.4 Å². The summed E-state index contributed by atoms with van der Waals surface area (Å²) in [6.45, 7) is 5.65. The number of fused-ring (bicyclic) bond motifs is 2. The molecule has 2 aromatic carbocycles. The molecule has 0 aliphatic carbocycles. The van der Waals surface area contributed by atoms with Crippen LogP contribution in [0.3, 0.4) is 0 Å². The van der Waals surface area contributed by atoms with Gasteiger partial charge in [0.15, 0.2) is 0 Å². The number of rotatable bonds is 2. The quantitative estimate of drug-likeness (QED) is 0.620. The lowest BCUT2D eigenvalue weighted by atomic mass is 10.2. The van der Waals surface area contributed by atoms with E-state index < -0.39 is 45.7 Å². The maximum Gasteiger partial charge on any atom is 0.266 e. The van der Waals surface area contributed by atoms with E-state index in [1.165, 1.54) is 12.1 Å². The molecule has 0 atom stereocenters. The predicted molar refractivity (Wildman–Crippen MR) is 107 cm³/mol. The van der Waals surface area contributed by atoms with Gasteiger partial charge < -0.3 is 0 Å². The van der Waals surface area contributed by atoms with Gasteiger partial charge in [-0.3, -0.25) is 9.59 Å². The molecule has 0 unspecified atom stereocenters. The molecule has 151 valence electrons. The Kier molecular flexibility index (Phi) is 4.10. The SMILES string of the molecule is CC(C)(C)[Si](c1cccc2c1S(=O)(=O)NC2=O)c1cccc2c1S(=O)(=O)NC2=O. The van der Waals surface area contributed by atoms with Crippen LogP contribution >= 0.6 is 0 Å². The van der Waals surface area contributed by atoms with E-state index in [4.69, 9.17) is 0 Å². The molecule has 2 aliphatic heterocycles. The van der Waals surface area contributed by atoms with Gasteiger partial charge in [-0.05, 0) is 27.5 Å². The Bertz CT molecular complexity index is 1210. The maximum atomic E-state index is 12.7. The average molecular weight is 450 g/mol. The Morgan fingerprint density at radius 1 is 0.724 bits per heavy atom. The van der Waals surface area contributed by atoms with E-state index in [1.54, 1.807) is 24.3 Å². The lowest BCUT2D eigenvalue weighted by molar-refractivity contribution is 0.0976. The van der Waals surface area contributed by atoms with Gasteiger partial charge in [0.1, 0.15) is 8.80 Å². The third kappa shape index (κ3) is 2.91. The van der Waals surface area contributed by atoms with Crippen LogP contribution in [0.4, 0.5) is 0 Å². The molecular weight excluding hydrogens is 432 g/mol. The van der Waals surface area contributed by atoms with Crippen molar-refractivity contribution in [2.24, 2.45) is 0 Å². The van der Waals surface area contributed by atoms with Crippen molar-refractivity contribution in [1.82, 2.24) is 9.44 Å². The molecule has 0 spiro atoms. The molecule has 0 bridgehead atoms. The normalized spacial score (nSPS) is 18.9. The summed E-state index contributed by atoms with van der Waals surface area (Å²) < 4.78 is 54.6. The van der Waals surface area contributed by atoms with Gasteiger partial charge >= 0.3 is 0 Å². The van der Waals surface area contributed by atoms with Gasteiger partial charge in [0.05, 0.1) is 20.9 Å². The summed E-state index contributed by atoms with van der Waals surface area (Å²) in [5.41, 5.74) is 0.0813. The number of sulfonamides is 2. The fourth-order valence-electron chi connectivity index (χ4n) is 3.81. The average Bonchev–Trinajstić information content (AvgIpc) is 2.97. The van der Waals surface area contributed by atoms with Gasteiger partial charge in [0, 0.05) is 0 Å². The molecule has 0 fully saturated rings. The van der Waals surface area contributed by atoms with E-state index in [2.05, 4.69) is 0 Å². The molecule has 2 aliphatic rings. The minimum Gasteiger partial charge on any atom is -0.268 e. The third-order valence-corrected chi connectivity index (χ3v) is 11.4. The van der Waals surface area contributed by atoms with Crippen LogP contribution in [0.2, 0.25) is 5.04 Å². The summed E-state index contributed by atoms with van der Waals surface area (Å²) in [5, 5.41) is 0.264. The van der Waals surface area contributed by atoms with Crippen LogP contribution in [0.25, 0.3) is 0 Å². The highest BCUT2D eigenvalue weighted by Crippen LogP contribution is 2.33. The monoisotopic (exact) mass is 449 g/mol. The van der Waals surface area contributed by atoms with Crippen LogP contribution in [-0.4, -0.2) is 37.4 Å². The molecule has 2 aromatic rings. The van der Waals surface area contributed by atoms with Crippen LogP contribution in [-0.2, 0) is 20.0 Å². The van der Waals surface area contributed by atoms with Gasteiger partial charge in [-0.15, -0.1) is 0 Å². The molecule has 1 radical (unpaired) electrons. The first kappa shape index (κ1) is 19.8. The van der Waals surface area contributed by atoms with Crippen molar-refractivity contribution in [1.29, 1.82) is 0 Å². The summed E-state index contributed by atoms with van der Waals surface area (Å²) >= 11 is 0. The van der Waals surface area contributed by atoms with E-state index in [1.807, 2.05) is 30.2 Å². The number of nitrogens with one attached hydrogen (secondary N) is 2. The summed E-state index contributed by atoms with van der Waals surface area (Å²) in [5.74, 6) is -1.42. The predicted octanol–water partition coefficient (Wildman–Crippen LogP) is -0.0401. The number of hydrogen-bond acceptors (Lipinski definition) is 6. The Labute approximate surface area is 170 Å². The van der Waals surface area contributed by atoms with E-state index in [0.29, 0.717) is 10.4 Å². The molecule has 8 nitrogen and oxygen atoms in total. The summed E-state index contributed by atoms with van der Waals surface area (Å²) in [6.07, 6.45) is 0. The van der Waals surface area contributed by atoms with E-state index in [-0.39, 0.29) is 20.9 Å². The zero-order chi connectivity index (χ0) is 21.4. The largest absolute Gasteiger partial charge is 0.268 e. The smallest absolute Gasteiger partial charge is 0.266 e. The maximum absolute atomic E-state index is 12.7. The first-order chi connectivity index (χ1) is 13.3. The van der Waals surface area contributed by atoms with Gasteiger partial charge in [0.2, 0.25) is 0 Å². The van der Waals surface area contributed by atoms with Crippen molar-refractivity contribution in [3.63, 3.8) is 0 Å². The fraction of sp³-hybridized carbons (Fsp3) is 0.222. The second-order valence-corrected chi connectivity index (χ2v) is 14.4. The van der Waals surface area contributed by atoms with Gasteiger partial charge in [-0.1, -0.05) is 45.0 Å². The van der Waals surface area contributed by atoms with Crippen molar-refractivity contribution in [3.05, 3.63) is 47.5 Å². The second-order valence-electron chi connectivity index (χ2n) is 7.86. The van der Waals surface area contributed by atoms with E-state index in [0.717, 1.165) is 0 Å². The Morgan fingerprint density at radius 3 is 1.45 bits per heavy atom. The zero-order valence-corrected chi connectivity index (χ0v) is 18.4. The Morgan fingerprint density at radius 2 is 1.10 bits per heavy atom. The summed E-state index contributed by atoms with van der Waals surface area (Å²) in [4.78, 5) is 24.1. The van der Waals surface area contributed by atoms with Crippen LogP contribution in [0, 0.1) is 0 Å². The van der Waals surface area contributed by atoms with Gasteiger partial charge in [0.25, 0.3) is 31.9 Å². The van der Waals surface area contributed by atoms with Crippen LogP contribution in [0.1, 0.15) is 41.5 Å². The summed E-state index contributed by atoms with van der Waals surface area (Å²) in [7, 11) is -10.2. The minimum absolute atomic E-state index is 0.0406. The number of carbonyl (C=O) groups is 2. The van der Waals surface area contributed by atoms with Gasteiger partial charge in [-0.2, -0.15) is 0 Å². The van der Waals surface area contributed by atoms with Crippen molar-refractivity contribution in [3.8, 4) is 0 Å². The lowest BCUT2D eigenvalue weighted by Crippen LogP contribution is -2.52. The van der Waals surface area contributed by atoms with Crippen LogP contribution < -0.4 is 19.8 Å². The van der Waals surface area contributed by atoms with E-state index >= 15 is 0 Å². The second kappa shape index (κ2) is 6.00. The molecule has 4 rings (SSSR count). The summed E-state index contributed by atoms with van der Waals surface area (Å²) in [6, 6.07) is 9.27. The highest BCUT2D eigenvalue weighted by molar-refractivity contribution is 7.91. The minimum atomic E-state index is -4.06. The van der Waals surface area contributed by atoms with Crippen molar-refractivity contribution in [2.45, 2.75) is 35.6 Å². The first-order valence-corrected chi connectivity index (χ1v) is 13.1. The molecule has 2 amide bonds. The lowest BCUT2D eigenvalue weighted by Gasteiger charge is -2.31. The van der Waals surface area contributed by atoms with Crippen LogP contribution in [0.5, 0.6) is 0 Å². The standard InChI is InChI=1S/C18H17N2O6S2Si/c1-18(2,3)29(12-8-4-6-10-14(12)27(23,24)19-16(10)21)13-9-5-7-11-15(13)28(25,26)20-17(11)22/h4-9H,1-3H3,(H,19,21)(H,20,22). The molecule has 0 saturated carbocycles. The first-order valence-electron chi connectivity index (χ1n) is 8.63. The van der Waals surface area contributed by atoms with Crippen molar-refractivity contribution in [2.75, 3.05) is 0 Å². The Balaban J connectivity index is 2.10. The number of amides is 2. The molecular formula is C18H17N2O6S2Si. The Hall–Kier alpha value is -2.50. The fourth-order valence-corrected chi connectivity index (χ4v) is 10.9. The van der Waals surface area contributed by atoms with Crippen molar-refractivity contribution < 1.29 is 26.4 Å². The zero-order valence-electron chi connectivity index (χ0n) is 15.7. The molecule has 11 heteroatoms. The number of benzene rings is 2. The highest BCUT2D eigenvalue weighted by atomic mass is 32.2.